The lowest BCUT2D eigenvalue weighted by Crippen LogP contribution is -1.92. The lowest BCUT2D eigenvalue weighted by atomic mass is 9.99. The molecule has 0 heterocycles. The van der Waals surface area contributed by atoms with Crippen molar-refractivity contribution in [1.82, 2.24) is 0 Å². The van der Waals surface area contributed by atoms with Crippen molar-refractivity contribution in [2.45, 2.75) is 6.42 Å². The zero-order valence-electron chi connectivity index (χ0n) is 18.4. The van der Waals surface area contributed by atoms with Gasteiger partial charge in [0.25, 0.3) is 0 Å². The van der Waals surface area contributed by atoms with Gasteiger partial charge in [0.1, 0.15) is 23.0 Å². The fourth-order valence-electron chi connectivity index (χ4n) is 3.59. The highest BCUT2D eigenvalue weighted by Gasteiger charge is 2.14. The van der Waals surface area contributed by atoms with E-state index in [9.17, 15) is 4.79 Å². The first-order chi connectivity index (χ1) is 16.1. The summed E-state index contributed by atoms with van der Waals surface area (Å²) >= 11 is 0. The monoisotopic (exact) mass is 440 g/mol. The first-order valence-electron chi connectivity index (χ1n) is 10.5. The molecule has 4 rings (SSSR count). The second kappa shape index (κ2) is 9.92. The van der Waals surface area contributed by atoms with Gasteiger partial charge in [-0.3, -0.25) is 4.79 Å². The SMILES string of the molecule is COc1cccc(-c2ccc3cc(OC)ccc3c2Oc2ccc(/C=C/CC(=O)O)cc2)c1. The largest absolute Gasteiger partial charge is 0.497 e. The third-order valence-corrected chi connectivity index (χ3v) is 5.26. The summed E-state index contributed by atoms with van der Waals surface area (Å²) in [6, 6.07) is 25.4. The van der Waals surface area contributed by atoms with Crippen LogP contribution in [-0.2, 0) is 4.79 Å². The maximum atomic E-state index is 10.7. The molecular weight excluding hydrogens is 416 g/mol. The Labute approximate surface area is 192 Å². The minimum atomic E-state index is -0.858. The lowest BCUT2D eigenvalue weighted by Gasteiger charge is -2.16. The normalized spacial score (nSPS) is 11.0. The van der Waals surface area contributed by atoms with Crippen molar-refractivity contribution in [3.63, 3.8) is 0 Å². The van der Waals surface area contributed by atoms with Gasteiger partial charge < -0.3 is 19.3 Å². The molecule has 1 N–H and O–H groups in total. The molecule has 0 atom stereocenters. The number of methoxy groups -OCH3 is 2. The lowest BCUT2D eigenvalue weighted by molar-refractivity contribution is -0.135. The molecule has 0 fully saturated rings. The van der Waals surface area contributed by atoms with Gasteiger partial charge >= 0.3 is 5.97 Å². The van der Waals surface area contributed by atoms with E-state index in [1.54, 1.807) is 26.4 Å². The topological polar surface area (TPSA) is 65.0 Å². The summed E-state index contributed by atoms with van der Waals surface area (Å²) in [5, 5.41) is 10.7. The number of ether oxygens (including phenoxy) is 3. The second-order valence-corrected chi connectivity index (χ2v) is 7.43. The van der Waals surface area contributed by atoms with E-state index in [0.717, 1.165) is 44.7 Å². The summed E-state index contributed by atoms with van der Waals surface area (Å²) in [5.74, 6) is 2.10. The van der Waals surface area contributed by atoms with Crippen LogP contribution in [0.2, 0.25) is 0 Å². The fourth-order valence-corrected chi connectivity index (χ4v) is 3.59. The first kappa shape index (κ1) is 22.0. The molecule has 0 aliphatic rings. The first-order valence-corrected chi connectivity index (χ1v) is 10.5. The van der Waals surface area contributed by atoms with Crippen LogP contribution in [0.1, 0.15) is 12.0 Å². The van der Waals surface area contributed by atoms with E-state index >= 15 is 0 Å². The number of aliphatic carboxylic acids is 1. The van der Waals surface area contributed by atoms with Gasteiger partial charge in [0, 0.05) is 10.9 Å². The molecule has 0 amide bonds. The molecule has 0 radical (unpaired) electrons. The van der Waals surface area contributed by atoms with E-state index < -0.39 is 5.97 Å². The average molecular weight is 440 g/mol. The summed E-state index contributed by atoms with van der Waals surface area (Å²) in [6.45, 7) is 0. The minimum Gasteiger partial charge on any atom is -0.497 e. The van der Waals surface area contributed by atoms with Crippen molar-refractivity contribution in [2.75, 3.05) is 14.2 Å². The van der Waals surface area contributed by atoms with Crippen molar-refractivity contribution in [3.8, 4) is 34.1 Å². The number of hydrogen-bond acceptors (Lipinski definition) is 4. The van der Waals surface area contributed by atoms with Crippen LogP contribution in [0, 0.1) is 0 Å². The Morgan fingerprint density at radius 3 is 2.30 bits per heavy atom. The van der Waals surface area contributed by atoms with Gasteiger partial charge in [0.15, 0.2) is 0 Å². The highest BCUT2D eigenvalue weighted by atomic mass is 16.5. The van der Waals surface area contributed by atoms with E-state index in [1.807, 2.05) is 72.8 Å². The van der Waals surface area contributed by atoms with Crippen LogP contribution < -0.4 is 14.2 Å². The summed E-state index contributed by atoms with van der Waals surface area (Å²) < 4.78 is 17.2. The van der Waals surface area contributed by atoms with E-state index in [1.165, 1.54) is 0 Å². The average Bonchev–Trinajstić information content (AvgIpc) is 2.84. The summed E-state index contributed by atoms with van der Waals surface area (Å²) in [6.07, 6.45) is 3.39. The molecule has 0 saturated heterocycles. The highest BCUT2D eigenvalue weighted by Crippen LogP contribution is 2.41. The molecule has 166 valence electrons. The minimum absolute atomic E-state index is 0.0123. The van der Waals surface area contributed by atoms with Crippen LogP contribution in [0.25, 0.3) is 28.0 Å². The molecule has 0 aliphatic carbocycles. The zero-order valence-corrected chi connectivity index (χ0v) is 18.4. The Bertz CT molecular complexity index is 1310. The van der Waals surface area contributed by atoms with Crippen LogP contribution in [0.15, 0.2) is 84.9 Å². The summed E-state index contributed by atoms with van der Waals surface area (Å²) in [4.78, 5) is 10.7. The maximum Gasteiger partial charge on any atom is 0.307 e. The van der Waals surface area contributed by atoms with Gasteiger partial charge in [-0.05, 0) is 65.0 Å². The van der Waals surface area contributed by atoms with Gasteiger partial charge in [-0.2, -0.15) is 0 Å². The van der Waals surface area contributed by atoms with Crippen LogP contribution in [-0.4, -0.2) is 25.3 Å². The Kier molecular flexibility index (Phi) is 6.60. The summed E-state index contributed by atoms with van der Waals surface area (Å²) in [7, 11) is 3.30. The van der Waals surface area contributed by atoms with E-state index in [2.05, 4.69) is 6.07 Å². The van der Waals surface area contributed by atoms with Crippen molar-refractivity contribution < 1.29 is 24.1 Å². The molecule has 0 unspecified atom stereocenters. The Morgan fingerprint density at radius 1 is 0.848 bits per heavy atom. The van der Waals surface area contributed by atoms with E-state index in [-0.39, 0.29) is 6.42 Å². The predicted octanol–water partition coefficient (Wildman–Crippen LogP) is 6.80. The Balaban J connectivity index is 1.75. The van der Waals surface area contributed by atoms with Crippen molar-refractivity contribution >= 4 is 22.8 Å². The van der Waals surface area contributed by atoms with Gasteiger partial charge in [0.2, 0.25) is 0 Å². The second-order valence-electron chi connectivity index (χ2n) is 7.43. The third-order valence-electron chi connectivity index (χ3n) is 5.26. The molecule has 33 heavy (non-hydrogen) atoms. The van der Waals surface area contributed by atoms with Gasteiger partial charge in [-0.1, -0.05) is 42.5 Å². The molecule has 0 aliphatic heterocycles. The maximum absolute atomic E-state index is 10.7. The molecule has 0 spiro atoms. The van der Waals surface area contributed by atoms with Gasteiger partial charge in [-0.15, -0.1) is 0 Å². The van der Waals surface area contributed by atoms with Gasteiger partial charge in [-0.25, -0.2) is 0 Å². The smallest absolute Gasteiger partial charge is 0.307 e. The highest BCUT2D eigenvalue weighted by molar-refractivity contribution is 5.96. The van der Waals surface area contributed by atoms with Crippen LogP contribution in [0.5, 0.6) is 23.0 Å². The molecular formula is C28H24O5. The number of hydrogen-bond donors (Lipinski definition) is 1. The van der Waals surface area contributed by atoms with Gasteiger partial charge in [0.05, 0.1) is 20.6 Å². The quantitative estimate of drug-likeness (QED) is 0.326. The van der Waals surface area contributed by atoms with Crippen molar-refractivity contribution in [2.24, 2.45) is 0 Å². The number of rotatable bonds is 8. The molecule has 4 aromatic rings. The van der Waals surface area contributed by atoms with Crippen molar-refractivity contribution in [3.05, 3.63) is 90.5 Å². The fraction of sp³-hybridized carbons (Fsp3) is 0.107. The molecule has 0 saturated carbocycles. The molecule has 0 aromatic heterocycles. The molecule has 5 heteroatoms. The Morgan fingerprint density at radius 2 is 1.58 bits per heavy atom. The number of carboxylic acids is 1. The number of fused-ring (bicyclic) bond motifs is 1. The third kappa shape index (κ3) is 5.15. The van der Waals surface area contributed by atoms with E-state index in [4.69, 9.17) is 19.3 Å². The van der Waals surface area contributed by atoms with E-state index in [0.29, 0.717) is 5.75 Å². The van der Waals surface area contributed by atoms with Crippen molar-refractivity contribution in [1.29, 1.82) is 0 Å². The number of carbonyl (C=O) groups is 1. The molecule has 5 nitrogen and oxygen atoms in total. The molecule has 0 bridgehead atoms. The Hall–Kier alpha value is -4.25. The predicted molar refractivity (Wildman–Crippen MR) is 130 cm³/mol. The van der Waals surface area contributed by atoms with Crippen LogP contribution >= 0.6 is 0 Å². The summed E-state index contributed by atoms with van der Waals surface area (Å²) in [5.41, 5.74) is 2.83. The zero-order chi connectivity index (χ0) is 23.2. The molecule has 4 aromatic carbocycles. The standard InChI is InChI=1S/C28H24O5/c1-31-23-7-4-6-20(17-23)25-15-11-21-18-24(32-2)14-16-26(21)28(25)33-22-12-9-19(10-13-22)5-3-8-27(29)30/h3-7,9-18H,8H2,1-2H3,(H,29,30)/b5-3+. The number of benzene rings is 4. The van der Waals surface area contributed by atoms with Crippen LogP contribution in [0.3, 0.4) is 0 Å². The number of carboxylic acid groups (broad SMARTS) is 1. The van der Waals surface area contributed by atoms with Crippen LogP contribution in [0.4, 0.5) is 0 Å².